The van der Waals surface area contributed by atoms with Crippen molar-refractivity contribution in [2.45, 2.75) is 31.7 Å². The monoisotopic (exact) mass is 243 g/mol. The summed E-state index contributed by atoms with van der Waals surface area (Å²) in [6.45, 7) is 3.25. The third-order valence-corrected chi connectivity index (χ3v) is 4.13. The number of nitrogens with zero attached hydrogens (tertiary/aromatic N) is 1. The van der Waals surface area contributed by atoms with E-state index in [2.05, 4.69) is 46.8 Å². The molecule has 0 aromatic heterocycles. The second-order valence-electron chi connectivity index (χ2n) is 5.52. The Morgan fingerprint density at radius 3 is 2.83 bits per heavy atom. The van der Waals surface area contributed by atoms with Gasteiger partial charge < -0.3 is 10.6 Å². The second kappa shape index (κ2) is 4.63. The molecule has 2 aliphatic rings. The number of hydrogen-bond donors (Lipinski definition) is 2. The molecule has 2 aliphatic carbocycles. The van der Waals surface area contributed by atoms with Crippen LogP contribution in [0.4, 0.5) is 0 Å². The second-order valence-corrected chi connectivity index (χ2v) is 5.52. The summed E-state index contributed by atoms with van der Waals surface area (Å²) in [6.07, 6.45) is 2.47. The van der Waals surface area contributed by atoms with Crippen molar-refractivity contribution in [1.29, 1.82) is 0 Å². The third-order valence-electron chi connectivity index (χ3n) is 4.13. The van der Waals surface area contributed by atoms with Gasteiger partial charge in [-0.15, -0.1) is 0 Å². The summed E-state index contributed by atoms with van der Waals surface area (Å²) in [5, 5.41) is 6.90. The van der Waals surface area contributed by atoms with Crippen molar-refractivity contribution in [2.75, 3.05) is 13.6 Å². The molecule has 3 rings (SSSR count). The van der Waals surface area contributed by atoms with E-state index in [1.165, 1.54) is 24.0 Å². The minimum Gasteiger partial charge on any atom is -0.356 e. The molecule has 3 unspecified atom stereocenters. The Hall–Kier alpha value is -1.51. The summed E-state index contributed by atoms with van der Waals surface area (Å²) in [5.41, 5.74) is 3.00. The lowest BCUT2D eigenvalue weighted by Crippen LogP contribution is -2.42. The highest BCUT2D eigenvalue weighted by Gasteiger charge is 2.33. The van der Waals surface area contributed by atoms with Gasteiger partial charge in [-0.05, 0) is 29.9 Å². The Balaban J connectivity index is 1.50. The van der Waals surface area contributed by atoms with E-state index in [0.29, 0.717) is 12.0 Å². The molecule has 18 heavy (non-hydrogen) atoms. The van der Waals surface area contributed by atoms with Crippen molar-refractivity contribution < 1.29 is 0 Å². The van der Waals surface area contributed by atoms with E-state index in [4.69, 9.17) is 0 Å². The predicted octanol–water partition coefficient (Wildman–Crippen LogP) is 1.90. The molecule has 1 aromatic carbocycles. The highest BCUT2D eigenvalue weighted by molar-refractivity contribution is 5.80. The number of fused-ring (bicyclic) bond motifs is 1. The maximum Gasteiger partial charge on any atom is 0.191 e. The molecule has 0 heterocycles. The van der Waals surface area contributed by atoms with E-state index in [-0.39, 0.29) is 0 Å². The Bertz CT molecular complexity index is 467. The van der Waals surface area contributed by atoms with Crippen molar-refractivity contribution in [3.63, 3.8) is 0 Å². The normalized spacial score (nSPS) is 29.2. The molecule has 0 aliphatic heterocycles. The van der Waals surface area contributed by atoms with Crippen LogP contribution in [0.25, 0.3) is 0 Å². The first-order valence-corrected chi connectivity index (χ1v) is 6.83. The first-order valence-electron chi connectivity index (χ1n) is 6.83. The van der Waals surface area contributed by atoms with Gasteiger partial charge in [0.15, 0.2) is 5.96 Å². The van der Waals surface area contributed by atoms with E-state index in [9.17, 15) is 0 Å². The van der Waals surface area contributed by atoms with Gasteiger partial charge in [0.05, 0.1) is 0 Å². The molecular weight excluding hydrogens is 222 g/mol. The van der Waals surface area contributed by atoms with Crippen LogP contribution in [-0.4, -0.2) is 25.6 Å². The van der Waals surface area contributed by atoms with Crippen molar-refractivity contribution in [3.05, 3.63) is 35.4 Å². The summed E-state index contributed by atoms with van der Waals surface area (Å²) in [4.78, 5) is 4.28. The van der Waals surface area contributed by atoms with Crippen LogP contribution in [0, 0.1) is 5.92 Å². The van der Waals surface area contributed by atoms with Crippen LogP contribution in [0.1, 0.15) is 30.4 Å². The molecule has 1 saturated carbocycles. The summed E-state index contributed by atoms with van der Waals surface area (Å²) >= 11 is 0. The molecule has 1 aromatic rings. The maximum atomic E-state index is 4.28. The highest BCUT2D eigenvalue weighted by Crippen LogP contribution is 2.34. The lowest BCUT2D eigenvalue weighted by atomic mass is 9.78. The SMILES string of the molecule is CN=C(NCC1Cc2ccccc21)NC1CC1C. The van der Waals surface area contributed by atoms with Crippen molar-refractivity contribution >= 4 is 5.96 Å². The van der Waals surface area contributed by atoms with E-state index in [1.807, 2.05) is 7.05 Å². The Labute approximate surface area is 109 Å². The van der Waals surface area contributed by atoms with Gasteiger partial charge in [0.1, 0.15) is 0 Å². The molecule has 3 heteroatoms. The minimum absolute atomic E-state index is 0.630. The van der Waals surface area contributed by atoms with E-state index in [0.717, 1.165) is 18.4 Å². The number of hydrogen-bond acceptors (Lipinski definition) is 1. The topological polar surface area (TPSA) is 36.4 Å². The van der Waals surface area contributed by atoms with E-state index >= 15 is 0 Å². The molecule has 3 atom stereocenters. The largest absolute Gasteiger partial charge is 0.356 e. The fraction of sp³-hybridized carbons (Fsp3) is 0.533. The van der Waals surface area contributed by atoms with Gasteiger partial charge in [0.25, 0.3) is 0 Å². The van der Waals surface area contributed by atoms with Crippen LogP contribution in [0.5, 0.6) is 0 Å². The standard InChI is InChI=1S/C15H21N3/c1-10-7-14(10)18-15(16-2)17-9-12-8-11-5-3-4-6-13(11)12/h3-6,10,12,14H,7-9H2,1-2H3,(H2,16,17,18). The summed E-state index contributed by atoms with van der Waals surface area (Å²) in [5.74, 6) is 2.40. The van der Waals surface area contributed by atoms with Crippen molar-refractivity contribution in [1.82, 2.24) is 10.6 Å². The summed E-state index contributed by atoms with van der Waals surface area (Å²) in [7, 11) is 1.84. The lowest BCUT2D eigenvalue weighted by molar-refractivity contribution is 0.582. The number of nitrogens with one attached hydrogen (secondary N) is 2. The van der Waals surface area contributed by atoms with Crippen LogP contribution in [0.15, 0.2) is 29.3 Å². The number of rotatable bonds is 3. The van der Waals surface area contributed by atoms with Crippen LogP contribution >= 0.6 is 0 Å². The lowest BCUT2D eigenvalue weighted by Gasteiger charge is -2.30. The van der Waals surface area contributed by atoms with Gasteiger partial charge in [0.2, 0.25) is 0 Å². The van der Waals surface area contributed by atoms with Gasteiger partial charge in [-0.2, -0.15) is 0 Å². The predicted molar refractivity (Wildman–Crippen MR) is 75.0 cm³/mol. The van der Waals surface area contributed by atoms with Gasteiger partial charge in [-0.25, -0.2) is 0 Å². The van der Waals surface area contributed by atoms with Crippen LogP contribution in [0.3, 0.4) is 0 Å². The first-order chi connectivity index (χ1) is 8.78. The quantitative estimate of drug-likeness (QED) is 0.628. The van der Waals surface area contributed by atoms with Crippen LogP contribution in [0.2, 0.25) is 0 Å². The molecule has 0 bridgehead atoms. The zero-order valence-corrected chi connectivity index (χ0v) is 11.1. The molecule has 0 radical (unpaired) electrons. The number of benzene rings is 1. The van der Waals surface area contributed by atoms with Gasteiger partial charge in [-0.3, -0.25) is 4.99 Å². The molecular formula is C15H21N3. The molecule has 96 valence electrons. The molecule has 0 saturated heterocycles. The van der Waals surface area contributed by atoms with E-state index in [1.54, 1.807) is 0 Å². The Morgan fingerprint density at radius 2 is 2.17 bits per heavy atom. The van der Waals surface area contributed by atoms with Gasteiger partial charge >= 0.3 is 0 Å². The summed E-state index contributed by atoms with van der Waals surface area (Å²) < 4.78 is 0. The van der Waals surface area contributed by atoms with Gasteiger partial charge in [0, 0.05) is 25.6 Å². The molecule has 0 spiro atoms. The summed E-state index contributed by atoms with van der Waals surface area (Å²) in [6, 6.07) is 9.35. The maximum absolute atomic E-state index is 4.28. The fourth-order valence-corrected chi connectivity index (χ4v) is 2.66. The molecule has 2 N–H and O–H groups in total. The molecule has 0 amide bonds. The Kier molecular flexibility index (Phi) is 2.98. The average Bonchev–Trinajstić information content (AvgIpc) is 3.04. The van der Waals surface area contributed by atoms with Crippen LogP contribution < -0.4 is 10.6 Å². The van der Waals surface area contributed by atoms with Crippen LogP contribution in [-0.2, 0) is 6.42 Å². The first kappa shape index (κ1) is 11.6. The van der Waals surface area contributed by atoms with Crippen molar-refractivity contribution in [3.8, 4) is 0 Å². The molecule has 1 fully saturated rings. The van der Waals surface area contributed by atoms with Gasteiger partial charge in [-0.1, -0.05) is 31.2 Å². The third kappa shape index (κ3) is 2.22. The number of guanidine groups is 1. The zero-order valence-electron chi connectivity index (χ0n) is 11.1. The van der Waals surface area contributed by atoms with Crippen molar-refractivity contribution in [2.24, 2.45) is 10.9 Å². The van der Waals surface area contributed by atoms with E-state index < -0.39 is 0 Å². The minimum atomic E-state index is 0.630. The zero-order chi connectivity index (χ0) is 12.5. The molecule has 3 nitrogen and oxygen atoms in total. The number of aliphatic imine (C=N–C) groups is 1. The smallest absolute Gasteiger partial charge is 0.191 e. The highest BCUT2D eigenvalue weighted by atomic mass is 15.2. The Morgan fingerprint density at radius 1 is 1.39 bits per heavy atom. The average molecular weight is 243 g/mol. The fourth-order valence-electron chi connectivity index (χ4n) is 2.66.